The molecule has 4 rings (SSSR count). The molecule has 0 spiro atoms. The third-order valence-electron chi connectivity index (χ3n) is 5.50. The van der Waals surface area contributed by atoms with Gasteiger partial charge in [-0.2, -0.15) is 0 Å². The molecule has 1 amide bonds. The van der Waals surface area contributed by atoms with Crippen molar-refractivity contribution in [2.75, 3.05) is 13.2 Å². The Hall–Kier alpha value is -3.94. The molecule has 1 unspecified atom stereocenters. The normalized spacial score (nSPS) is 17.5. The van der Waals surface area contributed by atoms with Gasteiger partial charge in [0.1, 0.15) is 17.3 Å². The second-order valence-corrected chi connectivity index (χ2v) is 7.66. The molecule has 7 nitrogen and oxygen atoms in total. The zero-order chi connectivity index (χ0) is 23.4. The molecule has 0 bridgehead atoms. The number of ketones is 1. The first-order chi connectivity index (χ1) is 16.0. The van der Waals surface area contributed by atoms with E-state index in [9.17, 15) is 19.1 Å². The van der Waals surface area contributed by atoms with Gasteiger partial charge in [0.05, 0.1) is 24.5 Å². The summed E-state index contributed by atoms with van der Waals surface area (Å²) >= 11 is 0. The average Bonchev–Trinajstić information content (AvgIpc) is 3.41. The van der Waals surface area contributed by atoms with E-state index in [-0.39, 0.29) is 17.9 Å². The molecule has 1 fully saturated rings. The number of imidazole rings is 1. The number of rotatable bonds is 8. The topological polar surface area (TPSA) is 84.7 Å². The molecule has 0 radical (unpaired) electrons. The van der Waals surface area contributed by atoms with Gasteiger partial charge in [0.25, 0.3) is 11.7 Å². The maximum Gasteiger partial charge on any atom is 0.295 e. The van der Waals surface area contributed by atoms with Crippen molar-refractivity contribution in [3.8, 4) is 5.75 Å². The van der Waals surface area contributed by atoms with Crippen LogP contribution in [0, 0.1) is 5.82 Å². The molecule has 1 N–H and O–H groups in total. The molecule has 2 aromatic carbocycles. The van der Waals surface area contributed by atoms with Crippen LogP contribution in [0.3, 0.4) is 0 Å². The van der Waals surface area contributed by atoms with Gasteiger partial charge in [0, 0.05) is 31.0 Å². The molecule has 33 heavy (non-hydrogen) atoms. The lowest BCUT2D eigenvalue weighted by Gasteiger charge is -2.25. The van der Waals surface area contributed by atoms with Crippen molar-refractivity contribution >= 4 is 17.4 Å². The van der Waals surface area contributed by atoms with Gasteiger partial charge in [0.2, 0.25) is 0 Å². The summed E-state index contributed by atoms with van der Waals surface area (Å²) < 4.78 is 21.4. The maximum atomic E-state index is 14.1. The molecule has 0 saturated carbocycles. The summed E-state index contributed by atoms with van der Waals surface area (Å²) in [6, 6.07) is 11.5. The van der Waals surface area contributed by atoms with Crippen molar-refractivity contribution in [1.82, 2.24) is 14.5 Å². The van der Waals surface area contributed by atoms with Crippen LogP contribution < -0.4 is 4.74 Å². The standard InChI is InChI=1S/C25H24FN3O4/c1-2-33-20-9-4-7-18(15-20)23(30)21-22(17-6-3-8-19(26)14-17)29(25(32)24(21)31)12-5-11-28-13-10-27-16-28/h3-4,6-10,13-16,22,30H,2,5,11-12H2,1H3/b23-21+. The van der Waals surface area contributed by atoms with Crippen molar-refractivity contribution in [2.45, 2.75) is 25.9 Å². The minimum Gasteiger partial charge on any atom is -0.507 e. The van der Waals surface area contributed by atoms with Crippen molar-refractivity contribution < 1.29 is 23.8 Å². The quantitative estimate of drug-likeness (QED) is 0.320. The van der Waals surface area contributed by atoms with E-state index in [1.807, 2.05) is 17.7 Å². The Labute approximate surface area is 190 Å². The summed E-state index contributed by atoms with van der Waals surface area (Å²) in [7, 11) is 0. The minimum atomic E-state index is -0.903. The molecule has 1 aliphatic rings. The van der Waals surface area contributed by atoms with E-state index >= 15 is 0 Å². The van der Waals surface area contributed by atoms with Crippen LogP contribution in [0.5, 0.6) is 5.75 Å². The molecule has 170 valence electrons. The van der Waals surface area contributed by atoms with E-state index in [4.69, 9.17) is 4.74 Å². The summed E-state index contributed by atoms with van der Waals surface area (Å²) in [5, 5.41) is 11.1. The lowest BCUT2D eigenvalue weighted by atomic mass is 9.95. The number of nitrogens with zero attached hydrogens (tertiary/aromatic N) is 3. The first-order valence-corrected chi connectivity index (χ1v) is 10.7. The lowest BCUT2D eigenvalue weighted by Crippen LogP contribution is -2.31. The molecular weight excluding hydrogens is 425 g/mol. The third kappa shape index (κ3) is 4.64. The first kappa shape index (κ1) is 22.3. The first-order valence-electron chi connectivity index (χ1n) is 10.7. The van der Waals surface area contributed by atoms with Crippen LogP contribution in [0.4, 0.5) is 4.39 Å². The third-order valence-corrected chi connectivity index (χ3v) is 5.50. The number of hydrogen-bond donors (Lipinski definition) is 1. The van der Waals surface area contributed by atoms with E-state index < -0.39 is 23.5 Å². The number of aliphatic hydroxyl groups excluding tert-OH is 1. The second-order valence-electron chi connectivity index (χ2n) is 7.66. The largest absolute Gasteiger partial charge is 0.507 e. The predicted molar refractivity (Wildman–Crippen MR) is 120 cm³/mol. The van der Waals surface area contributed by atoms with Crippen LogP contribution in [0.15, 0.2) is 72.8 Å². The van der Waals surface area contributed by atoms with Gasteiger partial charge in [-0.15, -0.1) is 0 Å². The highest BCUT2D eigenvalue weighted by Crippen LogP contribution is 2.40. The highest BCUT2D eigenvalue weighted by atomic mass is 19.1. The van der Waals surface area contributed by atoms with E-state index in [1.54, 1.807) is 42.9 Å². The molecule has 0 aliphatic carbocycles. The number of aromatic nitrogens is 2. The Balaban J connectivity index is 1.74. The summed E-state index contributed by atoms with van der Waals surface area (Å²) in [6.07, 6.45) is 5.69. The summed E-state index contributed by atoms with van der Waals surface area (Å²) in [6.45, 7) is 3.12. The van der Waals surface area contributed by atoms with Crippen LogP contribution in [0.2, 0.25) is 0 Å². The number of aliphatic hydroxyl groups is 1. The van der Waals surface area contributed by atoms with Crippen LogP contribution >= 0.6 is 0 Å². The van der Waals surface area contributed by atoms with Gasteiger partial charge in [-0.1, -0.05) is 24.3 Å². The number of ether oxygens (including phenoxy) is 1. The second kappa shape index (κ2) is 9.68. The SMILES string of the molecule is CCOc1cccc(/C(O)=C2\C(=O)C(=O)N(CCCn3ccnc3)C2c2cccc(F)c2)c1. The zero-order valence-electron chi connectivity index (χ0n) is 18.1. The van der Waals surface area contributed by atoms with Gasteiger partial charge < -0.3 is 19.3 Å². The van der Waals surface area contributed by atoms with Crippen molar-refractivity contribution in [2.24, 2.45) is 0 Å². The fourth-order valence-electron chi connectivity index (χ4n) is 4.03. The van der Waals surface area contributed by atoms with Crippen LogP contribution in [-0.2, 0) is 16.1 Å². The van der Waals surface area contributed by atoms with Gasteiger partial charge in [-0.25, -0.2) is 9.37 Å². The molecule has 1 aliphatic heterocycles. The number of amides is 1. The van der Waals surface area contributed by atoms with Crippen molar-refractivity contribution in [3.63, 3.8) is 0 Å². The highest BCUT2D eigenvalue weighted by molar-refractivity contribution is 6.46. The van der Waals surface area contributed by atoms with Gasteiger partial charge >= 0.3 is 0 Å². The molecule has 8 heteroatoms. The molecule has 1 atom stereocenters. The molecular formula is C25H24FN3O4. The lowest BCUT2D eigenvalue weighted by molar-refractivity contribution is -0.139. The van der Waals surface area contributed by atoms with E-state index in [1.165, 1.54) is 23.1 Å². The van der Waals surface area contributed by atoms with Crippen LogP contribution in [-0.4, -0.2) is 44.4 Å². The predicted octanol–water partition coefficient (Wildman–Crippen LogP) is 3.93. The average molecular weight is 449 g/mol. The van der Waals surface area contributed by atoms with Crippen molar-refractivity contribution in [3.05, 3.63) is 89.8 Å². The van der Waals surface area contributed by atoms with Crippen LogP contribution in [0.25, 0.3) is 5.76 Å². The molecule has 3 aromatic rings. The monoisotopic (exact) mass is 449 g/mol. The minimum absolute atomic E-state index is 0.0677. The summed E-state index contributed by atoms with van der Waals surface area (Å²) in [5.41, 5.74) is 0.694. The maximum absolute atomic E-state index is 14.1. The Kier molecular flexibility index (Phi) is 6.53. The van der Waals surface area contributed by atoms with Crippen LogP contribution in [0.1, 0.15) is 30.5 Å². The Morgan fingerprint density at radius 3 is 2.70 bits per heavy atom. The molecule has 1 aromatic heterocycles. The van der Waals surface area contributed by atoms with E-state index in [2.05, 4.69) is 4.98 Å². The Morgan fingerprint density at radius 1 is 1.15 bits per heavy atom. The van der Waals surface area contributed by atoms with Gasteiger partial charge in [-0.3, -0.25) is 9.59 Å². The number of hydrogen-bond acceptors (Lipinski definition) is 5. The Bertz CT molecular complexity index is 1190. The van der Waals surface area contributed by atoms with E-state index in [0.29, 0.717) is 36.4 Å². The van der Waals surface area contributed by atoms with Gasteiger partial charge in [-0.05, 0) is 43.2 Å². The number of aryl methyl sites for hydroxylation is 1. The van der Waals surface area contributed by atoms with Gasteiger partial charge in [0.15, 0.2) is 0 Å². The smallest absolute Gasteiger partial charge is 0.295 e. The summed E-state index contributed by atoms with van der Waals surface area (Å²) in [4.78, 5) is 31.4. The number of carbonyl (C=O) groups is 2. The highest BCUT2D eigenvalue weighted by Gasteiger charge is 2.45. The Morgan fingerprint density at radius 2 is 1.97 bits per heavy atom. The number of Topliss-reactive ketones (excluding diaryl/α,β-unsaturated/α-hetero) is 1. The zero-order valence-corrected chi connectivity index (χ0v) is 18.1. The number of halogens is 1. The number of carbonyl (C=O) groups excluding carboxylic acids is 2. The fraction of sp³-hybridized carbons (Fsp3) is 0.240. The summed E-state index contributed by atoms with van der Waals surface area (Å²) in [5.74, 6) is -1.81. The van der Waals surface area contributed by atoms with E-state index in [0.717, 1.165) is 0 Å². The fourth-order valence-corrected chi connectivity index (χ4v) is 4.03. The molecule has 2 heterocycles. The number of benzene rings is 2. The number of likely N-dealkylation sites (tertiary alicyclic amines) is 1. The van der Waals surface area contributed by atoms with Crippen molar-refractivity contribution in [1.29, 1.82) is 0 Å². The molecule has 1 saturated heterocycles.